The molecule has 0 aliphatic carbocycles. The van der Waals surface area contributed by atoms with Gasteiger partial charge in [-0.25, -0.2) is 4.98 Å². The maximum absolute atomic E-state index is 12.1. The zero-order valence-electron chi connectivity index (χ0n) is 10.9. The zero-order valence-corrected chi connectivity index (χ0v) is 12.5. The van der Waals surface area contributed by atoms with Crippen LogP contribution >= 0.6 is 15.9 Å². The van der Waals surface area contributed by atoms with Gasteiger partial charge in [-0.1, -0.05) is 41.9 Å². The van der Waals surface area contributed by atoms with E-state index in [1.165, 1.54) is 0 Å². The second kappa shape index (κ2) is 6.02. The number of hydrogen-bond acceptors (Lipinski definition) is 2. The lowest BCUT2D eigenvalue weighted by Crippen LogP contribution is -2.27. The highest BCUT2D eigenvalue weighted by molar-refractivity contribution is 9.10. The van der Waals surface area contributed by atoms with E-state index in [-0.39, 0.29) is 16.7 Å². The van der Waals surface area contributed by atoms with Crippen LogP contribution in [-0.4, -0.2) is 20.3 Å². The van der Waals surface area contributed by atoms with Gasteiger partial charge in [0, 0.05) is 12.4 Å². The molecule has 1 heterocycles. The first kappa shape index (κ1) is 13.8. The van der Waals surface area contributed by atoms with Gasteiger partial charge in [-0.3, -0.25) is 4.79 Å². The largest absolute Gasteiger partial charge is 0.323 e. The van der Waals surface area contributed by atoms with Crippen LogP contribution in [0.1, 0.15) is 13.8 Å². The lowest BCUT2D eigenvalue weighted by molar-refractivity contribution is -0.116. The van der Waals surface area contributed by atoms with Gasteiger partial charge in [0.05, 0.1) is 22.5 Å². The first-order valence-electron chi connectivity index (χ1n) is 6.12. The third-order valence-electron chi connectivity index (χ3n) is 2.78. The van der Waals surface area contributed by atoms with Crippen molar-refractivity contribution in [3.8, 4) is 5.69 Å². The average Bonchev–Trinajstić information content (AvgIpc) is 2.92. The summed E-state index contributed by atoms with van der Waals surface area (Å²) >= 11 is 3.41. The van der Waals surface area contributed by atoms with Crippen molar-refractivity contribution in [2.24, 2.45) is 5.92 Å². The number of hydrogen-bond donors (Lipinski definition) is 1. The van der Waals surface area contributed by atoms with Crippen molar-refractivity contribution in [3.63, 3.8) is 0 Å². The van der Waals surface area contributed by atoms with Crippen LogP contribution in [-0.2, 0) is 4.79 Å². The second-order valence-electron chi connectivity index (χ2n) is 4.62. The Bertz CT molecular complexity index is 552. The van der Waals surface area contributed by atoms with Gasteiger partial charge in [0.15, 0.2) is 0 Å². The van der Waals surface area contributed by atoms with Crippen molar-refractivity contribution in [1.29, 1.82) is 0 Å². The molecule has 0 aliphatic heterocycles. The molecule has 5 heteroatoms. The van der Waals surface area contributed by atoms with Gasteiger partial charge in [-0.2, -0.15) is 0 Å². The summed E-state index contributed by atoms with van der Waals surface area (Å²) in [5.74, 6) is 0.197. The molecule has 0 saturated heterocycles. The number of para-hydroxylation sites is 2. The molecule has 0 aliphatic rings. The van der Waals surface area contributed by atoms with Crippen LogP contribution in [0.3, 0.4) is 0 Å². The first-order chi connectivity index (χ1) is 9.09. The molecular formula is C14H16BrN3O. The van der Waals surface area contributed by atoms with E-state index in [0.717, 1.165) is 11.4 Å². The summed E-state index contributed by atoms with van der Waals surface area (Å²) < 4.78 is 1.87. The Balaban J connectivity index is 2.24. The zero-order chi connectivity index (χ0) is 13.8. The van der Waals surface area contributed by atoms with Crippen LogP contribution in [0, 0.1) is 5.92 Å². The highest BCUT2D eigenvalue weighted by Crippen LogP contribution is 2.21. The van der Waals surface area contributed by atoms with Gasteiger partial charge in [-0.05, 0) is 18.1 Å². The summed E-state index contributed by atoms with van der Waals surface area (Å²) in [4.78, 5) is 15.9. The number of carbonyl (C=O) groups excluding carboxylic acids is 1. The Morgan fingerprint density at radius 2 is 2.11 bits per heavy atom. The lowest BCUT2D eigenvalue weighted by Gasteiger charge is -2.16. The predicted octanol–water partition coefficient (Wildman–Crippen LogP) is 3.23. The molecule has 100 valence electrons. The first-order valence-corrected chi connectivity index (χ1v) is 7.03. The third-order valence-corrected chi connectivity index (χ3v) is 4.25. The summed E-state index contributed by atoms with van der Waals surface area (Å²) in [7, 11) is 0. The van der Waals surface area contributed by atoms with Gasteiger partial charge in [0.2, 0.25) is 5.91 Å². The Morgan fingerprint density at radius 3 is 2.74 bits per heavy atom. The van der Waals surface area contributed by atoms with E-state index < -0.39 is 0 Å². The monoisotopic (exact) mass is 321 g/mol. The second-order valence-corrected chi connectivity index (χ2v) is 5.61. The Labute approximate surface area is 121 Å². The summed E-state index contributed by atoms with van der Waals surface area (Å²) in [6.45, 7) is 4.00. The Morgan fingerprint density at radius 1 is 1.37 bits per heavy atom. The molecule has 2 rings (SSSR count). The number of benzene rings is 1. The quantitative estimate of drug-likeness (QED) is 0.879. The van der Waals surface area contributed by atoms with E-state index in [2.05, 4.69) is 26.2 Å². The molecular weight excluding hydrogens is 306 g/mol. The smallest absolute Gasteiger partial charge is 0.238 e. The number of amides is 1. The fraction of sp³-hybridized carbons (Fsp3) is 0.286. The summed E-state index contributed by atoms with van der Waals surface area (Å²) in [6, 6.07) is 7.65. The fourth-order valence-electron chi connectivity index (χ4n) is 1.71. The average molecular weight is 322 g/mol. The number of nitrogens with zero attached hydrogens (tertiary/aromatic N) is 2. The number of rotatable bonds is 4. The molecule has 1 amide bonds. The number of aromatic nitrogens is 2. The topological polar surface area (TPSA) is 46.9 Å². The molecule has 1 atom stereocenters. The molecule has 1 N–H and O–H groups in total. The molecule has 1 aromatic carbocycles. The highest BCUT2D eigenvalue weighted by atomic mass is 79.9. The molecule has 2 aromatic rings. The van der Waals surface area contributed by atoms with Gasteiger partial charge in [0.25, 0.3) is 0 Å². The van der Waals surface area contributed by atoms with E-state index in [4.69, 9.17) is 0 Å². The number of imidazole rings is 1. The molecule has 0 fully saturated rings. The number of anilines is 1. The van der Waals surface area contributed by atoms with Crippen molar-refractivity contribution in [2.45, 2.75) is 18.7 Å². The van der Waals surface area contributed by atoms with Crippen molar-refractivity contribution in [1.82, 2.24) is 9.55 Å². The molecule has 0 saturated carbocycles. The molecule has 1 aromatic heterocycles. The number of nitrogens with one attached hydrogen (secondary N) is 1. The minimum absolute atomic E-state index is 0.0393. The summed E-state index contributed by atoms with van der Waals surface area (Å²) in [5, 5.41) is 2.95. The summed E-state index contributed by atoms with van der Waals surface area (Å²) in [6.07, 6.45) is 5.26. The third kappa shape index (κ3) is 3.23. The van der Waals surface area contributed by atoms with E-state index >= 15 is 0 Å². The number of halogens is 1. The van der Waals surface area contributed by atoms with Crippen LogP contribution in [0.2, 0.25) is 0 Å². The van der Waals surface area contributed by atoms with Crippen LogP contribution < -0.4 is 5.32 Å². The molecule has 19 heavy (non-hydrogen) atoms. The molecule has 1 unspecified atom stereocenters. The van der Waals surface area contributed by atoms with Crippen LogP contribution in [0.4, 0.5) is 5.69 Å². The van der Waals surface area contributed by atoms with Gasteiger partial charge in [-0.15, -0.1) is 0 Å². The Kier molecular flexibility index (Phi) is 4.37. The molecule has 0 radical (unpaired) electrons. The van der Waals surface area contributed by atoms with Gasteiger partial charge < -0.3 is 9.88 Å². The van der Waals surface area contributed by atoms with Crippen molar-refractivity contribution < 1.29 is 4.79 Å². The summed E-state index contributed by atoms with van der Waals surface area (Å²) in [5.41, 5.74) is 1.67. The van der Waals surface area contributed by atoms with Gasteiger partial charge >= 0.3 is 0 Å². The molecule has 4 nitrogen and oxygen atoms in total. The highest BCUT2D eigenvalue weighted by Gasteiger charge is 2.19. The number of carbonyl (C=O) groups is 1. The molecule has 0 spiro atoms. The van der Waals surface area contributed by atoms with Crippen molar-refractivity contribution >= 4 is 27.5 Å². The lowest BCUT2D eigenvalue weighted by atomic mass is 10.1. The van der Waals surface area contributed by atoms with Crippen molar-refractivity contribution in [3.05, 3.63) is 43.0 Å². The normalized spacial score (nSPS) is 12.4. The van der Waals surface area contributed by atoms with Gasteiger partial charge in [0.1, 0.15) is 0 Å². The van der Waals surface area contributed by atoms with Crippen LogP contribution in [0.5, 0.6) is 0 Å². The van der Waals surface area contributed by atoms with E-state index in [9.17, 15) is 4.79 Å². The van der Waals surface area contributed by atoms with E-state index in [1.807, 2.05) is 48.9 Å². The maximum Gasteiger partial charge on any atom is 0.238 e. The standard InChI is InChI=1S/C14H16BrN3O/c1-10(2)13(15)14(19)17-11-5-3-4-6-12(11)18-8-7-16-9-18/h3-10,13H,1-2H3,(H,17,19). The van der Waals surface area contributed by atoms with Crippen LogP contribution in [0.15, 0.2) is 43.0 Å². The van der Waals surface area contributed by atoms with E-state index in [0.29, 0.717) is 0 Å². The predicted molar refractivity (Wildman–Crippen MR) is 79.7 cm³/mol. The minimum Gasteiger partial charge on any atom is -0.323 e. The maximum atomic E-state index is 12.1. The number of alkyl halides is 1. The van der Waals surface area contributed by atoms with Crippen molar-refractivity contribution in [2.75, 3.05) is 5.32 Å². The van der Waals surface area contributed by atoms with E-state index in [1.54, 1.807) is 12.5 Å². The SMILES string of the molecule is CC(C)C(Br)C(=O)Nc1ccccc1-n1ccnc1. The van der Waals surface area contributed by atoms with Crippen LogP contribution in [0.25, 0.3) is 5.69 Å². The molecule has 0 bridgehead atoms. The fourth-order valence-corrected chi connectivity index (χ4v) is 1.82. The minimum atomic E-state index is -0.205. The Hall–Kier alpha value is -1.62.